The second-order valence-corrected chi connectivity index (χ2v) is 13.3. The highest BCUT2D eigenvalue weighted by Gasteiger charge is 2.37. The van der Waals surface area contributed by atoms with Gasteiger partial charge in [0, 0.05) is 22.6 Å². The SMILES string of the molecule is Cc1ccccc1S(=O)(=O)N1CC(I)=C(c2ccccc2)C(CS(=O)(=O)c2ccccc2)C1. The summed E-state index contributed by atoms with van der Waals surface area (Å²) in [6, 6.07) is 24.8. The standard InChI is InChI=1S/C25H24INO4S2/c1-19-10-8-9-15-24(19)33(30,31)27-16-21(18-32(28,29)22-13-6-3-7-14-22)25(23(26)17-27)20-11-4-2-5-12-20/h2-15,21H,16-18H2,1H3. The van der Waals surface area contributed by atoms with Crippen LogP contribution in [-0.4, -0.2) is 40.0 Å². The average Bonchev–Trinajstić information content (AvgIpc) is 2.80. The van der Waals surface area contributed by atoms with Crippen molar-refractivity contribution in [1.82, 2.24) is 4.31 Å². The minimum Gasteiger partial charge on any atom is -0.224 e. The molecule has 0 amide bonds. The van der Waals surface area contributed by atoms with E-state index in [1.54, 1.807) is 61.5 Å². The van der Waals surface area contributed by atoms with E-state index in [4.69, 9.17) is 0 Å². The fourth-order valence-electron chi connectivity index (χ4n) is 4.17. The van der Waals surface area contributed by atoms with Crippen LogP contribution >= 0.6 is 22.6 Å². The molecule has 1 unspecified atom stereocenters. The third-order valence-corrected chi connectivity index (χ3v) is 10.5. The summed E-state index contributed by atoms with van der Waals surface area (Å²) in [7, 11) is -7.41. The Morgan fingerprint density at radius 3 is 2.06 bits per heavy atom. The van der Waals surface area contributed by atoms with Crippen LogP contribution in [-0.2, 0) is 19.9 Å². The van der Waals surface area contributed by atoms with Crippen LogP contribution in [0.5, 0.6) is 0 Å². The molecule has 8 heteroatoms. The molecule has 5 nitrogen and oxygen atoms in total. The second-order valence-electron chi connectivity index (χ2n) is 8.04. The van der Waals surface area contributed by atoms with Crippen molar-refractivity contribution < 1.29 is 16.8 Å². The number of rotatable bonds is 6. The maximum atomic E-state index is 13.5. The monoisotopic (exact) mass is 593 g/mol. The molecule has 1 aliphatic heterocycles. The molecule has 4 rings (SSSR count). The lowest BCUT2D eigenvalue weighted by atomic mass is 9.91. The van der Waals surface area contributed by atoms with Gasteiger partial charge in [0.25, 0.3) is 0 Å². The first kappa shape index (κ1) is 24.1. The second kappa shape index (κ2) is 9.69. The molecule has 0 bridgehead atoms. The predicted molar refractivity (Wildman–Crippen MR) is 139 cm³/mol. The lowest BCUT2D eigenvalue weighted by Gasteiger charge is -2.34. The zero-order valence-electron chi connectivity index (χ0n) is 18.1. The van der Waals surface area contributed by atoms with Gasteiger partial charge in [-0.2, -0.15) is 4.31 Å². The molecular formula is C25H24INO4S2. The van der Waals surface area contributed by atoms with Crippen LogP contribution < -0.4 is 0 Å². The Morgan fingerprint density at radius 2 is 1.42 bits per heavy atom. The number of sulfonamides is 1. The van der Waals surface area contributed by atoms with Crippen LogP contribution in [0.1, 0.15) is 11.1 Å². The zero-order chi connectivity index (χ0) is 23.6. The quantitative estimate of drug-likeness (QED) is 0.380. The Morgan fingerprint density at radius 1 is 0.848 bits per heavy atom. The van der Waals surface area contributed by atoms with E-state index in [-0.39, 0.29) is 28.6 Å². The predicted octanol–water partition coefficient (Wildman–Crippen LogP) is 4.94. The minimum atomic E-state index is -3.78. The van der Waals surface area contributed by atoms with Gasteiger partial charge in [0.1, 0.15) is 0 Å². The molecule has 0 saturated carbocycles. The summed E-state index contributed by atoms with van der Waals surface area (Å²) in [5.74, 6) is -0.676. The normalized spacial score (nSPS) is 17.8. The van der Waals surface area contributed by atoms with E-state index < -0.39 is 25.8 Å². The first-order valence-corrected chi connectivity index (χ1v) is 14.6. The van der Waals surface area contributed by atoms with E-state index in [1.807, 2.05) is 30.3 Å². The topological polar surface area (TPSA) is 71.5 Å². The number of aryl methyl sites for hydroxylation is 1. The molecule has 0 aliphatic carbocycles. The Kier molecular flexibility index (Phi) is 7.09. The number of sulfone groups is 1. The van der Waals surface area contributed by atoms with Gasteiger partial charge in [-0.25, -0.2) is 16.8 Å². The van der Waals surface area contributed by atoms with E-state index in [0.717, 1.165) is 14.7 Å². The average molecular weight is 594 g/mol. The van der Waals surface area contributed by atoms with Crippen LogP contribution in [0.3, 0.4) is 0 Å². The van der Waals surface area contributed by atoms with Gasteiger partial charge < -0.3 is 0 Å². The van der Waals surface area contributed by atoms with Crippen molar-refractivity contribution >= 4 is 48.0 Å². The molecule has 172 valence electrons. The largest absolute Gasteiger partial charge is 0.243 e. The summed E-state index contributed by atoms with van der Waals surface area (Å²) >= 11 is 2.17. The Balaban J connectivity index is 1.78. The summed E-state index contributed by atoms with van der Waals surface area (Å²) in [5.41, 5.74) is 2.48. The fourth-order valence-corrected chi connectivity index (χ4v) is 8.81. The van der Waals surface area contributed by atoms with Crippen molar-refractivity contribution in [2.45, 2.75) is 16.7 Å². The molecule has 0 saturated heterocycles. The lowest BCUT2D eigenvalue weighted by Crippen LogP contribution is -2.42. The molecule has 0 spiro atoms. The van der Waals surface area contributed by atoms with Crippen molar-refractivity contribution in [1.29, 1.82) is 0 Å². The Bertz CT molecular complexity index is 1390. The van der Waals surface area contributed by atoms with E-state index in [2.05, 4.69) is 22.6 Å². The van der Waals surface area contributed by atoms with E-state index in [0.29, 0.717) is 5.56 Å². The maximum absolute atomic E-state index is 13.5. The summed E-state index contributed by atoms with van der Waals surface area (Å²) < 4.78 is 55.8. The van der Waals surface area contributed by atoms with Gasteiger partial charge in [-0.15, -0.1) is 0 Å². The third kappa shape index (κ3) is 5.08. The molecule has 0 N–H and O–H groups in total. The molecular weight excluding hydrogens is 569 g/mol. The Hall–Kier alpha value is -2.01. The highest BCUT2D eigenvalue weighted by molar-refractivity contribution is 14.1. The van der Waals surface area contributed by atoms with Gasteiger partial charge in [0.2, 0.25) is 10.0 Å². The summed E-state index contributed by atoms with van der Waals surface area (Å²) in [6.07, 6.45) is 0. The van der Waals surface area contributed by atoms with Crippen LogP contribution in [0.4, 0.5) is 0 Å². The van der Waals surface area contributed by atoms with E-state index >= 15 is 0 Å². The molecule has 0 radical (unpaired) electrons. The number of halogens is 1. The van der Waals surface area contributed by atoms with Crippen LogP contribution in [0.25, 0.3) is 5.57 Å². The van der Waals surface area contributed by atoms with Crippen molar-refractivity contribution in [3.05, 3.63) is 99.6 Å². The molecule has 0 aromatic heterocycles. The van der Waals surface area contributed by atoms with Crippen molar-refractivity contribution in [3.8, 4) is 0 Å². The smallest absolute Gasteiger partial charge is 0.224 e. The maximum Gasteiger partial charge on any atom is 0.243 e. The van der Waals surface area contributed by atoms with Crippen LogP contribution in [0.15, 0.2) is 98.3 Å². The molecule has 1 aliphatic rings. The van der Waals surface area contributed by atoms with Gasteiger partial charge in [-0.3, -0.25) is 0 Å². The van der Waals surface area contributed by atoms with E-state index in [9.17, 15) is 16.8 Å². The highest BCUT2D eigenvalue weighted by Crippen LogP contribution is 2.39. The van der Waals surface area contributed by atoms with Crippen molar-refractivity contribution in [2.75, 3.05) is 18.8 Å². The number of hydrogen-bond acceptors (Lipinski definition) is 4. The van der Waals surface area contributed by atoms with E-state index in [1.165, 1.54) is 4.31 Å². The fraction of sp³-hybridized carbons (Fsp3) is 0.200. The summed E-state index contributed by atoms with van der Waals surface area (Å²) in [5, 5.41) is 0. The number of nitrogens with zero attached hydrogens (tertiary/aromatic N) is 1. The molecule has 3 aromatic carbocycles. The first-order valence-electron chi connectivity index (χ1n) is 10.5. The third-order valence-electron chi connectivity index (χ3n) is 5.76. The molecule has 3 aromatic rings. The Labute approximate surface area is 209 Å². The molecule has 33 heavy (non-hydrogen) atoms. The summed E-state index contributed by atoms with van der Waals surface area (Å²) in [4.78, 5) is 0.494. The van der Waals surface area contributed by atoms with Crippen molar-refractivity contribution in [3.63, 3.8) is 0 Å². The highest BCUT2D eigenvalue weighted by atomic mass is 127. The number of benzene rings is 3. The van der Waals surface area contributed by atoms with Gasteiger partial charge in [0.15, 0.2) is 9.84 Å². The molecule has 1 heterocycles. The number of hydrogen-bond donors (Lipinski definition) is 0. The van der Waals surface area contributed by atoms with Gasteiger partial charge in [0.05, 0.1) is 15.5 Å². The summed E-state index contributed by atoms with van der Waals surface area (Å²) in [6.45, 7) is 2.08. The van der Waals surface area contributed by atoms with Gasteiger partial charge >= 0.3 is 0 Å². The van der Waals surface area contributed by atoms with Crippen LogP contribution in [0, 0.1) is 12.8 Å². The lowest BCUT2D eigenvalue weighted by molar-refractivity contribution is 0.399. The zero-order valence-corrected chi connectivity index (χ0v) is 21.8. The van der Waals surface area contributed by atoms with Crippen LogP contribution in [0.2, 0.25) is 0 Å². The first-order chi connectivity index (χ1) is 15.7. The van der Waals surface area contributed by atoms with Gasteiger partial charge in [-0.1, -0.05) is 66.7 Å². The molecule has 0 fully saturated rings. The van der Waals surface area contributed by atoms with Gasteiger partial charge in [-0.05, 0) is 64.4 Å². The molecule has 1 atom stereocenters. The minimum absolute atomic E-state index is 0.0967. The van der Waals surface area contributed by atoms with Crippen molar-refractivity contribution in [2.24, 2.45) is 5.92 Å².